The van der Waals surface area contributed by atoms with Gasteiger partial charge in [0.2, 0.25) is 11.6 Å². The average molecular weight is 734 g/mol. The van der Waals surface area contributed by atoms with Crippen molar-refractivity contribution in [3.8, 4) is 17.1 Å². The van der Waals surface area contributed by atoms with Gasteiger partial charge in [0.15, 0.2) is 5.82 Å². The van der Waals surface area contributed by atoms with E-state index in [1.54, 1.807) is 23.9 Å². The SMILES string of the molecule is [C-]#[N+]c1c(N)sc2c(F)ccc(-c3c(C(F)(F)F)cc4c(N(C)C5CCN(C(=O)C=C)[C@@H]5COC)nc(OC[C@@H]5C[C@@H](F)CN5C)nc4c3F)c12. The Hall–Kier alpha value is -4.66. The molecule has 4 atom stereocenters. The highest BCUT2D eigenvalue weighted by molar-refractivity contribution is 7.23. The van der Waals surface area contributed by atoms with Gasteiger partial charge >= 0.3 is 12.2 Å². The van der Waals surface area contributed by atoms with Gasteiger partial charge in [-0.15, -0.1) is 11.3 Å². The number of hydrogen-bond acceptors (Lipinski definition) is 9. The first-order chi connectivity index (χ1) is 24.2. The summed E-state index contributed by atoms with van der Waals surface area (Å²) in [5.74, 6) is -2.75. The second-order valence-corrected chi connectivity index (χ2v) is 13.6. The molecule has 0 spiro atoms. The van der Waals surface area contributed by atoms with Crippen molar-refractivity contribution < 1.29 is 40.6 Å². The fraction of sp³-hybridized carbons (Fsp3) is 0.412. The first-order valence-corrected chi connectivity index (χ1v) is 16.6. The second-order valence-electron chi connectivity index (χ2n) is 12.5. The van der Waals surface area contributed by atoms with Crippen LogP contribution in [0.15, 0.2) is 30.9 Å². The van der Waals surface area contributed by atoms with Crippen LogP contribution in [0, 0.1) is 18.2 Å². The zero-order valence-corrected chi connectivity index (χ0v) is 28.5. The maximum absolute atomic E-state index is 17.1. The number of nitrogens with two attached hydrogens (primary N) is 1. The molecule has 2 fully saturated rings. The summed E-state index contributed by atoms with van der Waals surface area (Å²) in [4.78, 5) is 29.6. The molecule has 1 amide bonds. The predicted octanol–water partition coefficient (Wildman–Crippen LogP) is 6.60. The molecule has 0 aliphatic carbocycles. The summed E-state index contributed by atoms with van der Waals surface area (Å²) < 4.78 is 102. The molecule has 2 aromatic carbocycles. The molecule has 17 heteroatoms. The van der Waals surface area contributed by atoms with Crippen molar-refractivity contribution in [3.05, 3.63) is 59.5 Å². The normalized spacial score (nSPS) is 21.1. The zero-order valence-electron chi connectivity index (χ0n) is 27.7. The van der Waals surface area contributed by atoms with Gasteiger partial charge in [-0.3, -0.25) is 9.69 Å². The lowest BCUT2D eigenvalue weighted by atomic mass is 9.93. The van der Waals surface area contributed by atoms with Crippen LogP contribution in [0.2, 0.25) is 0 Å². The van der Waals surface area contributed by atoms with Crippen molar-refractivity contribution in [2.24, 2.45) is 0 Å². The molecule has 2 aliphatic rings. The van der Waals surface area contributed by atoms with Crippen molar-refractivity contribution in [2.75, 3.05) is 58.1 Å². The summed E-state index contributed by atoms with van der Waals surface area (Å²) >= 11 is 0.669. The van der Waals surface area contributed by atoms with Gasteiger partial charge in [0.1, 0.15) is 29.9 Å². The predicted molar refractivity (Wildman–Crippen MR) is 182 cm³/mol. The van der Waals surface area contributed by atoms with Crippen molar-refractivity contribution in [2.45, 2.75) is 43.3 Å². The van der Waals surface area contributed by atoms with E-state index < -0.39 is 58.3 Å². The first kappa shape index (κ1) is 36.1. The summed E-state index contributed by atoms with van der Waals surface area (Å²) in [5.41, 5.74) is 2.33. The van der Waals surface area contributed by atoms with Gasteiger partial charge in [-0.1, -0.05) is 12.6 Å². The van der Waals surface area contributed by atoms with Gasteiger partial charge in [0.25, 0.3) is 0 Å². The summed E-state index contributed by atoms with van der Waals surface area (Å²) in [6, 6.07) is 0.692. The molecule has 2 aromatic heterocycles. The molecule has 10 nitrogen and oxygen atoms in total. The molecule has 4 aromatic rings. The number of fused-ring (bicyclic) bond motifs is 2. The fourth-order valence-electron chi connectivity index (χ4n) is 7.09. The minimum atomic E-state index is -5.15. The summed E-state index contributed by atoms with van der Waals surface area (Å²) in [7, 11) is 4.71. The highest BCUT2D eigenvalue weighted by Crippen LogP contribution is 2.50. The van der Waals surface area contributed by atoms with Gasteiger partial charge < -0.3 is 25.0 Å². The molecule has 2 saturated heterocycles. The van der Waals surface area contributed by atoms with E-state index in [9.17, 15) is 13.6 Å². The molecule has 0 saturated carbocycles. The van der Waals surface area contributed by atoms with Crippen LogP contribution in [0.4, 0.5) is 42.8 Å². The number of hydrogen-bond donors (Lipinski definition) is 1. The van der Waals surface area contributed by atoms with Gasteiger partial charge in [0, 0.05) is 49.6 Å². The third kappa shape index (κ3) is 6.40. The number of nitrogen functional groups attached to an aromatic ring is 1. The molecule has 0 radical (unpaired) electrons. The van der Waals surface area contributed by atoms with Crippen LogP contribution in [-0.2, 0) is 15.7 Å². The Morgan fingerprint density at radius 2 is 2.02 bits per heavy atom. The van der Waals surface area contributed by atoms with Crippen molar-refractivity contribution in [3.63, 3.8) is 0 Å². The van der Waals surface area contributed by atoms with E-state index in [1.165, 1.54) is 12.0 Å². The van der Waals surface area contributed by atoms with E-state index in [0.29, 0.717) is 17.8 Å². The number of amides is 1. The number of alkyl halides is 4. The number of nitrogens with zero attached hydrogens (tertiary/aromatic N) is 6. The lowest BCUT2D eigenvalue weighted by Gasteiger charge is -2.34. The number of carbonyl (C=O) groups excluding carboxylic acids is 1. The minimum Gasteiger partial charge on any atom is -0.462 e. The van der Waals surface area contributed by atoms with Crippen LogP contribution in [0.25, 0.3) is 37.0 Å². The third-order valence-electron chi connectivity index (χ3n) is 9.55. The molecule has 270 valence electrons. The Morgan fingerprint density at radius 1 is 1.27 bits per heavy atom. The average Bonchev–Trinajstić information content (AvgIpc) is 3.76. The van der Waals surface area contributed by atoms with Crippen LogP contribution < -0.4 is 15.4 Å². The maximum Gasteiger partial charge on any atom is 0.417 e. The highest BCUT2D eigenvalue weighted by atomic mass is 32.1. The summed E-state index contributed by atoms with van der Waals surface area (Å²) in [6.45, 7) is 11.6. The third-order valence-corrected chi connectivity index (χ3v) is 10.6. The van der Waals surface area contributed by atoms with E-state index in [1.807, 2.05) is 0 Å². The molecule has 4 heterocycles. The fourth-order valence-corrected chi connectivity index (χ4v) is 8.03. The van der Waals surface area contributed by atoms with E-state index >= 15 is 17.6 Å². The number of anilines is 2. The van der Waals surface area contributed by atoms with E-state index in [0.717, 1.165) is 24.3 Å². The van der Waals surface area contributed by atoms with Crippen molar-refractivity contribution in [1.82, 2.24) is 19.8 Å². The van der Waals surface area contributed by atoms with Crippen LogP contribution in [0.5, 0.6) is 6.01 Å². The summed E-state index contributed by atoms with van der Waals surface area (Å²) in [5, 5.41) is -0.718. The number of ether oxygens (including phenoxy) is 2. The summed E-state index contributed by atoms with van der Waals surface area (Å²) in [6.07, 6.45) is -4.57. The highest BCUT2D eigenvalue weighted by Gasteiger charge is 2.42. The Morgan fingerprint density at radius 3 is 2.65 bits per heavy atom. The second kappa shape index (κ2) is 13.8. The van der Waals surface area contributed by atoms with Crippen molar-refractivity contribution >= 4 is 54.7 Å². The molecule has 6 rings (SSSR count). The lowest BCUT2D eigenvalue weighted by Crippen LogP contribution is -2.48. The Balaban J connectivity index is 1.60. The number of aromatic nitrogens is 2. The van der Waals surface area contributed by atoms with Gasteiger partial charge in [-0.25, -0.2) is 18.0 Å². The smallest absolute Gasteiger partial charge is 0.417 e. The Kier molecular flexibility index (Phi) is 9.79. The molecule has 1 unspecified atom stereocenters. The van der Waals surface area contributed by atoms with Crippen molar-refractivity contribution in [1.29, 1.82) is 0 Å². The lowest BCUT2D eigenvalue weighted by molar-refractivity contribution is -0.137. The van der Waals surface area contributed by atoms with E-state index in [-0.39, 0.29) is 82.7 Å². The topological polar surface area (TPSA) is 101 Å². The molecular weight excluding hydrogens is 700 g/mol. The standard InChI is InChI=1S/C34H33F6N7O3S/c1-6-24(48)47-10-9-22(23(47)15-49-5)46(4)32-19-12-20(34(38,39)40)25(18-7-8-21(36)30-26(18)29(42-2)31(41)51-30)27(37)28(19)43-33(44-32)50-14-17-11-16(35)13-45(17)3/h6-8,12,16-17,22-23H,1,9-11,13-15,41H2,3-5H3/t16-,17+,22?,23-/m1/s1. The molecule has 2 aliphatic heterocycles. The molecule has 2 N–H and O–H groups in total. The minimum absolute atomic E-state index is 0.0689. The van der Waals surface area contributed by atoms with Gasteiger partial charge in [-0.2, -0.15) is 23.1 Å². The van der Waals surface area contributed by atoms with Crippen LogP contribution in [0.1, 0.15) is 18.4 Å². The number of carbonyl (C=O) groups is 1. The molecular formula is C34H33F6N7O3S. The molecule has 0 bridgehead atoms. The first-order valence-electron chi connectivity index (χ1n) is 15.8. The largest absolute Gasteiger partial charge is 0.462 e. The van der Waals surface area contributed by atoms with E-state index in [2.05, 4.69) is 21.4 Å². The van der Waals surface area contributed by atoms with Gasteiger partial charge in [-0.05, 0) is 43.7 Å². The zero-order chi connectivity index (χ0) is 36.9. The van der Waals surface area contributed by atoms with Crippen LogP contribution in [-0.4, -0.2) is 97.5 Å². The van der Waals surface area contributed by atoms with E-state index in [4.69, 9.17) is 21.8 Å². The molecule has 51 heavy (non-hydrogen) atoms. The van der Waals surface area contributed by atoms with Gasteiger partial charge in [0.05, 0.1) is 40.5 Å². The number of rotatable bonds is 9. The maximum atomic E-state index is 17.1. The number of likely N-dealkylation sites (tertiary alicyclic amines) is 2. The van der Waals surface area contributed by atoms with Crippen LogP contribution in [0.3, 0.4) is 0 Å². The number of methoxy groups -OCH3 is 1. The Labute approximate surface area is 292 Å². The number of halogens is 6. The quantitative estimate of drug-likeness (QED) is 0.117. The number of benzene rings is 2. The number of thiophene rings is 1. The van der Waals surface area contributed by atoms with Crippen LogP contribution >= 0.6 is 11.3 Å². The monoisotopic (exact) mass is 733 g/mol. The number of likely N-dealkylation sites (N-methyl/N-ethyl adjacent to an activating group) is 2. The Bertz CT molecular complexity index is 2070.